The molecule has 0 radical (unpaired) electrons. The minimum Gasteiger partial charge on any atom is -0.481 e. The first-order valence-electron chi connectivity index (χ1n) is 7.64. The van der Waals surface area contributed by atoms with Crippen molar-refractivity contribution >= 4 is 5.91 Å². The Hall–Kier alpha value is -1.66. The quantitative estimate of drug-likeness (QED) is 0.832. The van der Waals surface area contributed by atoms with Gasteiger partial charge in [0, 0.05) is 20.2 Å². The predicted molar refractivity (Wildman–Crippen MR) is 84.0 cm³/mol. The van der Waals surface area contributed by atoms with E-state index in [-0.39, 0.29) is 24.4 Å². The molecule has 1 aliphatic heterocycles. The Kier molecular flexibility index (Phi) is 5.59. The molecule has 0 aliphatic carbocycles. The van der Waals surface area contributed by atoms with Crippen molar-refractivity contribution in [2.24, 2.45) is 0 Å². The minimum atomic E-state index is -0.469. The van der Waals surface area contributed by atoms with Gasteiger partial charge in [-0.1, -0.05) is 6.07 Å². The zero-order valence-corrected chi connectivity index (χ0v) is 14.1. The minimum absolute atomic E-state index is 0.0966. The van der Waals surface area contributed by atoms with E-state index in [1.807, 2.05) is 20.8 Å². The Morgan fingerprint density at radius 3 is 2.91 bits per heavy atom. The summed E-state index contributed by atoms with van der Waals surface area (Å²) in [6.07, 6.45) is -0.177. The predicted octanol–water partition coefficient (Wildman–Crippen LogP) is 2.17. The van der Waals surface area contributed by atoms with Crippen LogP contribution in [-0.4, -0.2) is 55.9 Å². The Balaban J connectivity index is 1.97. The largest absolute Gasteiger partial charge is 0.481 e. The van der Waals surface area contributed by atoms with Crippen LogP contribution >= 0.6 is 0 Å². The van der Waals surface area contributed by atoms with E-state index >= 15 is 0 Å². The van der Waals surface area contributed by atoms with Crippen molar-refractivity contribution in [1.29, 1.82) is 0 Å². The number of morpholine rings is 1. The smallest absolute Gasteiger partial charge is 0.260 e. The third kappa shape index (κ3) is 4.91. The van der Waals surface area contributed by atoms with Gasteiger partial charge in [-0.05, 0) is 38.5 Å². The Labute approximate surface area is 136 Å². The summed E-state index contributed by atoms with van der Waals surface area (Å²) in [6.45, 7) is 6.82. The lowest BCUT2D eigenvalue weighted by Gasteiger charge is -2.42. The van der Waals surface area contributed by atoms with Crippen LogP contribution in [0.5, 0.6) is 5.75 Å². The zero-order chi connectivity index (χ0) is 17.0. The van der Waals surface area contributed by atoms with Crippen molar-refractivity contribution in [1.82, 2.24) is 4.90 Å². The molecule has 0 N–H and O–H groups in total. The fraction of sp³-hybridized carbons (Fsp3) is 0.588. The molecule has 6 heteroatoms. The van der Waals surface area contributed by atoms with Gasteiger partial charge in [0.1, 0.15) is 0 Å². The third-order valence-electron chi connectivity index (χ3n) is 3.62. The van der Waals surface area contributed by atoms with Gasteiger partial charge in [0.25, 0.3) is 5.91 Å². The lowest BCUT2D eigenvalue weighted by molar-refractivity contribution is -0.170. The second-order valence-corrected chi connectivity index (χ2v) is 6.45. The number of halogens is 1. The molecule has 1 fully saturated rings. The highest BCUT2D eigenvalue weighted by atomic mass is 19.1. The first-order chi connectivity index (χ1) is 10.8. The number of carbonyl (C=O) groups excluding carboxylic acids is 1. The molecule has 1 saturated heterocycles. The van der Waals surface area contributed by atoms with E-state index < -0.39 is 11.4 Å². The van der Waals surface area contributed by atoms with Crippen molar-refractivity contribution in [2.75, 3.05) is 33.4 Å². The van der Waals surface area contributed by atoms with Gasteiger partial charge in [0.2, 0.25) is 0 Å². The molecule has 2 rings (SSSR count). The van der Waals surface area contributed by atoms with Crippen LogP contribution < -0.4 is 4.74 Å². The fourth-order valence-electron chi connectivity index (χ4n) is 2.71. The van der Waals surface area contributed by atoms with Crippen molar-refractivity contribution in [3.63, 3.8) is 0 Å². The highest BCUT2D eigenvalue weighted by Crippen LogP contribution is 2.22. The van der Waals surface area contributed by atoms with Crippen LogP contribution in [0.4, 0.5) is 4.39 Å². The number of hydrogen-bond acceptors (Lipinski definition) is 4. The standard InChI is InChI=1S/C17H24FNO4/c1-12-5-6-14(18)15(7-12)22-10-16(20)19-8-13(9-21-4)23-17(2,3)11-19/h5-7,13H,8-11H2,1-4H3/t13-/m1/s1. The van der Waals surface area contributed by atoms with Gasteiger partial charge in [-0.2, -0.15) is 0 Å². The second kappa shape index (κ2) is 7.27. The maximum absolute atomic E-state index is 13.7. The highest BCUT2D eigenvalue weighted by molar-refractivity contribution is 5.78. The summed E-state index contributed by atoms with van der Waals surface area (Å²) in [5, 5.41) is 0. The summed E-state index contributed by atoms with van der Waals surface area (Å²) in [6, 6.07) is 4.57. The van der Waals surface area contributed by atoms with Gasteiger partial charge in [-0.15, -0.1) is 0 Å². The van der Waals surface area contributed by atoms with E-state index in [1.54, 1.807) is 24.1 Å². The molecule has 5 nitrogen and oxygen atoms in total. The Morgan fingerprint density at radius 1 is 1.48 bits per heavy atom. The van der Waals surface area contributed by atoms with Crippen LogP contribution in [0.2, 0.25) is 0 Å². The topological polar surface area (TPSA) is 48.0 Å². The first-order valence-corrected chi connectivity index (χ1v) is 7.64. The molecule has 0 bridgehead atoms. The van der Waals surface area contributed by atoms with Crippen molar-refractivity contribution < 1.29 is 23.4 Å². The molecule has 1 aromatic rings. The lowest BCUT2D eigenvalue weighted by atomic mass is 10.1. The van der Waals surface area contributed by atoms with E-state index in [9.17, 15) is 9.18 Å². The van der Waals surface area contributed by atoms with Gasteiger partial charge in [-0.3, -0.25) is 4.79 Å². The van der Waals surface area contributed by atoms with E-state index in [4.69, 9.17) is 14.2 Å². The number of hydrogen-bond donors (Lipinski definition) is 0. The molecule has 128 valence electrons. The van der Waals surface area contributed by atoms with Crippen molar-refractivity contribution in [3.8, 4) is 5.75 Å². The van der Waals surface area contributed by atoms with Crippen molar-refractivity contribution in [2.45, 2.75) is 32.5 Å². The van der Waals surface area contributed by atoms with E-state index in [1.165, 1.54) is 6.07 Å². The Morgan fingerprint density at radius 2 is 2.22 bits per heavy atom. The number of amides is 1. The fourth-order valence-corrected chi connectivity index (χ4v) is 2.71. The molecule has 1 atom stereocenters. The van der Waals surface area contributed by atoms with Crippen LogP contribution in [0.25, 0.3) is 0 Å². The normalized spacial score (nSPS) is 20.4. The molecule has 1 aromatic carbocycles. The molecule has 0 spiro atoms. The van der Waals surface area contributed by atoms with Crippen LogP contribution in [-0.2, 0) is 14.3 Å². The SMILES string of the molecule is COC[C@H]1CN(C(=O)COc2cc(C)ccc2F)CC(C)(C)O1. The molecule has 23 heavy (non-hydrogen) atoms. The van der Waals surface area contributed by atoms with E-state index in [0.29, 0.717) is 19.7 Å². The number of benzene rings is 1. The summed E-state index contributed by atoms with van der Waals surface area (Å²) in [5.41, 5.74) is 0.424. The van der Waals surface area contributed by atoms with Crippen LogP contribution in [0.15, 0.2) is 18.2 Å². The van der Waals surface area contributed by atoms with Gasteiger partial charge in [-0.25, -0.2) is 4.39 Å². The monoisotopic (exact) mass is 325 g/mol. The zero-order valence-electron chi connectivity index (χ0n) is 14.1. The number of rotatable bonds is 5. The molecular formula is C17H24FNO4. The van der Waals surface area contributed by atoms with Gasteiger partial charge in [0.05, 0.1) is 18.3 Å². The Bertz CT molecular complexity index is 562. The van der Waals surface area contributed by atoms with Crippen LogP contribution in [0, 0.1) is 12.7 Å². The number of methoxy groups -OCH3 is 1. The summed E-state index contributed by atoms with van der Waals surface area (Å²) in [5.74, 6) is -0.564. The summed E-state index contributed by atoms with van der Waals surface area (Å²) >= 11 is 0. The van der Waals surface area contributed by atoms with Gasteiger partial charge < -0.3 is 19.1 Å². The molecule has 1 aliphatic rings. The maximum atomic E-state index is 13.7. The van der Waals surface area contributed by atoms with E-state index in [2.05, 4.69) is 0 Å². The molecular weight excluding hydrogens is 301 g/mol. The molecule has 0 aromatic heterocycles. The van der Waals surface area contributed by atoms with Crippen LogP contribution in [0.3, 0.4) is 0 Å². The molecule has 0 saturated carbocycles. The third-order valence-corrected chi connectivity index (χ3v) is 3.62. The summed E-state index contributed by atoms with van der Waals surface area (Å²) in [4.78, 5) is 14.1. The number of nitrogens with zero attached hydrogens (tertiary/aromatic N) is 1. The van der Waals surface area contributed by atoms with Gasteiger partial charge >= 0.3 is 0 Å². The molecule has 1 amide bonds. The lowest BCUT2D eigenvalue weighted by Crippen LogP contribution is -2.56. The second-order valence-electron chi connectivity index (χ2n) is 6.45. The van der Waals surface area contributed by atoms with Gasteiger partial charge in [0.15, 0.2) is 18.2 Å². The molecule has 0 unspecified atom stereocenters. The first kappa shape index (κ1) is 17.7. The summed E-state index contributed by atoms with van der Waals surface area (Å²) in [7, 11) is 1.60. The average molecular weight is 325 g/mol. The summed E-state index contributed by atoms with van der Waals surface area (Å²) < 4.78 is 30.0. The molecule has 1 heterocycles. The highest BCUT2D eigenvalue weighted by Gasteiger charge is 2.35. The van der Waals surface area contributed by atoms with Crippen LogP contribution in [0.1, 0.15) is 19.4 Å². The van der Waals surface area contributed by atoms with E-state index in [0.717, 1.165) is 5.56 Å². The number of carbonyl (C=O) groups is 1. The van der Waals surface area contributed by atoms with Crippen molar-refractivity contribution in [3.05, 3.63) is 29.6 Å². The number of aryl methyl sites for hydroxylation is 1. The average Bonchev–Trinajstić information content (AvgIpc) is 2.46. The maximum Gasteiger partial charge on any atom is 0.260 e. The number of ether oxygens (including phenoxy) is 3.